The largest absolute Gasteiger partial charge is 0.466 e. The van der Waals surface area contributed by atoms with Crippen LogP contribution in [0.2, 0.25) is 0 Å². The van der Waals surface area contributed by atoms with Gasteiger partial charge in [0.15, 0.2) is 0 Å². The molecule has 22 heavy (non-hydrogen) atoms. The lowest BCUT2D eigenvalue weighted by Gasteiger charge is -2.50. The lowest BCUT2D eigenvalue weighted by atomic mass is 9.80. The van der Waals surface area contributed by atoms with Crippen LogP contribution in [0.25, 0.3) is 0 Å². The first kappa shape index (κ1) is 15.1. The van der Waals surface area contributed by atoms with E-state index in [0.717, 1.165) is 38.0 Å². The first-order valence-electron chi connectivity index (χ1n) is 8.06. The zero-order valence-corrected chi connectivity index (χ0v) is 13.6. The molecule has 2 saturated heterocycles. The Bertz CT molecular complexity index is 603. The third-order valence-corrected chi connectivity index (χ3v) is 5.23. The fraction of sp³-hybridized carbons (Fsp3) is 0.647. The van der Waals surface area contributed by atoms with Crippen LogP contribution in [0.1, 0.15) is 54.0 Å². The molecule has 2 fully saturated rings. The second-order valence-electron chi connectivity index (χ2n) is 6.69. The number of nitrogens with zero attached hydrogens (tertiary/aromatic N) is 2. The Hall–Kier alpha value is -1.78. The molecule has 2 aliphatic heterocycles. The summed E-state index contributed by atoms with van der Waals surface area (Å²) in [5, 5.41) is 0. The van der Waals surface area contributed by atoms with Gasteiger partial charge in [0, 0.05) is 26.6 Å². The van der Waals surface area contributed by atoms with Crippen molar-refractivity contribution in [2.45, 2.75) is 51.5 Å². The molecule has 0 saturated carbocycles. The number of amides is 2. The van der Waals surface area contributed by atoms with Gasteiger partial charge in [-0.3, -0.25) is 9.59 Å². The Morgan fingerprint density at radius 1 is 1.27 bits per heavy atom. The molecule has 5 heteroatoms. The van der Waals surface area contributed by atoms with Crippen molar-refractivity contribution in [3.05, 3.63) is 23.2 Å². The van der Waals surface area contributed by atoms with E-state index in [9.17, 15) is 9.59 Å². The van der Waals surface area contributed by atoms with Gasteiger partial charge in [-0.15, -0.1) is 0 Å². The maximum absolute atomic E-state index is 12.8. The molecule has 1 aromatic rings. The molecule has 3 heterocycles. The number of carbonyl (C=O) groups excluding carboxylic acids is 2. The SMILES string of the molecule is Cc1cc(C(=O)N2CCCC3(CCCC(=O)N3C)C2)c(C)o1. The molecule has 2 aliphatic rings. The minimum atomic E-state index is -0.171. The van der Waals surface area contributed by atoms with Crippen LogP contribution in [0.15, 0.2) is 10.5 Å². The Labute approximate surface area is 131 Å². The van der Waals surface area contributed by atoms with Crippen molar-refractivity contribution in [1.29, 1.82) is 0 Å². The second-order valence-corrected chi connectivity index (χ2v) is 6.69. The highest BCUT2D eigenvalue weighted by molar-refractivity contribution is 5.95. The highest BCUT2D eigenvalue weighted by Crippen LogP contribution is 2.36. The van der Waals surface area contributed by atoms with Gasteiger partial charge in [0.05, 0.1) is 11.1 Å². The van der Waals surface area contributed by atoms with Crippen LogP contribution in [-0.4, -0.2) is 47.3 Å². The molecule has 5 nitrogen and oxygen atoms in total. The molecular weight excluding hydrogens is 280 g/mol. The van der Waals surface area contributed by atoms with E-state index in [1.807, 2.05) is 36.8 Å². The highest BCUT2D eigenvalue weighted by Gasteiger charge is 2.44. The number of aryl methyl sites for hydroxylation is 2. The molecule has 1 atom stereocenters. The lowest BCUT2D eigenvalue weighted by molar-refractivity contribution is -0.142. The van der Waals surface area contributed by atoms with Crippen molar-refractivity contribution in [3.63, 3.8) is 0 Å². The van der Waals surface area contributed by atoms with E-state index in [2.05, 4.69) is 0 Å². The Kier molecular flexibility index (Phi) is 3.75. The lowest BCUT2D eigenvalue weighted by Crippen LogP contribution is -2.61. The van der Waals surface area contributed by atoms with Crippen molar-refractivity contribution in [3.8, 4) is 0 Å². The van der Waals surface area contributed by atoms with E-state index in [1.165, 1.54) is 0 Å². The molecule has 1 aromatic heterocycles. The number of rotatable bonds is 1. The summed E-state index contributed by atoms with van der Waals surface area (Å²) in [6.45, 7) is 5.08. The highest BCUT2D eigenvalue weighted by atomic mass is 16.3. The average Bonchev–Trinajstić information content (AvgIpc) is 2.83. The zero-order valence-electron chi connectivity index (χ0n) is 13.6. The maximum Gasteiger partial charge on any atom is 0.257 e. The van der Waals surface area contributed by atoms with Crippen LogP contribution >= 0.6 is 0 Å². The molecule has 3 rings (SSSR count). The van der Waals surface area contributed by atoms with Crippen LogP contribution in [0.3, 0.4) is 0 Å². The molecule has 0 bridgehead atoms. The van der Waals surface area contributed by atoms with Gasteiger partial charge < -0.3 is 14.2 Å². The summed E-state index contributed by atoms with van der Waals surface area (Å²) in [6.07, 6.45) is 4.48. The molecular formula is C17H24N2O3. The van der Waals surface area contributed by atoms with Gasteiger partial charge >= 0.3 is 0 Å². The van der Waals surface area contributed by atoms with E-state index < -0.39 is 0 Å². The van der Waals surface area contributed by atoms with Crippen molar-refractivity contribution < 1.29 is 14.0 Å². The van der Waals surface area contributed by atoms with Gasteiger partial charge in [0.2, 0.25) is 5.91 Å². The standard InChI is InChI=1S/C17H24N2O3/c1-12-10-14(13(2)22-12)16(21)19-9-5-8-17(11-19)7-4-6-15(20)18(17)3/h10H,4-9,11H2,1-3H3. The molecule has 0 N–H and O–H groups in total. The fourth-order valence-corrected chi connectivity index (χ4v) is 3.95. The van der Waals surface area contributed by atoms with Crippen LogP contribution in [0.4, 0.5) is 0 Å². The Morgan fingerprint density at radius 2 is 2.00 bits per heavy atom. The normalized spacial score (nSPS) is 25.9. The monoisotopic (exact) mass is 304 g/mol. The molecule has 2 amide bonds. The Morgan fingerprint density at radius 3 is 2.68 bits per heavy atom. The quantitative estimate of drug-likeness (QED) is 0.801. The number of likely N-dealkylation sites (tertiary alicyclic amines) is 2. The molecule has 0 aromatic carbocycles. The summed E-state index contributed by atoms with van der Waals surface area (Å²) < 4.78 is 5.49. The topological polar surface area (TPSA) is 53.8 Å². The minimum Gasteiger partial charge on any atom is -0.466 e. The predicted molar refractivity (Wildman–Crippen MR) is 82.7 cm³/mol. The molecule has 1 spiro atoms. The van der Waals surface area contributed by atoms with Gasteiger partial charge in [-0.1, -0.05) is 0 Å². The summed E-state index contributed by atoms with van der Waals surface area (Å²) in [4.78, 5) is 28.7. The fourth-order valence-electron chi connectivity index (χ4n) is 3.95. The zero-order chi connectivity index (χ0) is 15.9. The molecule has 120 valence electrons. The summed E-state index contributed by atoms with van der Waals surface area (Å²) in [6, 6.07) is 1.81. The third kappa shape index (κ3) is 2.42. The van der Waals surface area contributed by atoms with Crippen LogP contribution in [-0.2, 0) is 4.79 Å². The van der Waals surface area contributed by atoms with E-state index >= 15 is 0 Å². The first-order chi connectivity index (χ1) is 10.4. The first-order valence-corrected chi connectivity index (χ1v) is 8.06. The van der Waals surface area contributed by atoms with Crippen LogP contribution in [0.5, 0.6) is 0 Å². The number of likely N-dealkylation sites (N-methyl/N-ethyl adjacent to an activating group) is 1. The molecule has 0 aliphatic carbocycles. The summed E-state index contributed by atoms with van der Waals surface area (Å²) in [5.41, 5.74) is 0.481. The number of hydrogen-bond acceptors (Lipinski definition) is 3. The van der Waals surface area contributed by atoms with Crippen LogP contribution in [0, 0.1) is 13.8 Å². The summed E-state index contributed by atoms with van der Waals surface area (Å²) in [5.74, 6) is 1.67. The minimum absolute atomic E-state index is 0.0276. The van der Waals surface area contributed by atoms with Crippen molar-refractivity contribution in [2.24, 2.45) is 0 Å². The van der Waals surface area contributed by atoms with Crippen molar-refractivity contribution >= 4 is 11.8 Å². The Balaban J connectivity index is 1.82. The van der Waals surface area contributed by atoms with Gasteiger partial charge in [0.25, 0.3) is 5.91 Å². The van der Waals surface area contributed by atoms with Gasteiger partial charge in [0.1, 0.15) is 11.5 Å². The summed E-state index contributed by atoms with van der Waals surface area (Å²) in [7, 11) is 1.89. The summed E-state index contributed by atoms with van der Waals surface area (Å²) >= 11 is 0. The van der Waals surface area contributed by atoms with Crippen molar-refractivity contribution in [2.75, 3.05) is 20.1 Å². The van der Waals surface area contributed by atoms with Crippen molar-refractivity contribution in [1.82, 2.24) is 9.80 Å². The molecule has 1 unspecified atom stereocenters. The number of hydrogen-bond donors (Lipinski definition) is 0. The van der Waals surface area contributed by atoms with Crippen LogP contribution < -0.4 is 0 Å². The smallest absolute Gasteiger partial charge is 0.257 e. The predicted octanol–water partition coefficient (Wildman–Crippen LogP) is 2.51. The second kappa shape index (κ2) is 5.45. The van der Waals surface area contributed by atoms with E-state index in [4.69, 9.17) is 4.42 Å². The average molecular weight is 304 g/mol. The van der Waals surface area contributed by atoms with E-state index in [0.29, 0.717) is 24.3 Å². The van der Waals surface area contributed by atoms with E-state index in [1.54, 1.807) is 0 Å². The van der Waals surface area contributed by atoms with Gasteiger partial charge in [-0.05, 0) is 45.6 Å². The van der Waals surface area contributed by atoms with Gasteiger partial charge in [-0.25, -0.2) is 0 Å². The van der Waals surface area contributed by atoms with Gasteiger partial charge in [-0.2, -0.15) is 0 Å². The number of piperidine rings is 2. The number of furan rings is 1. The molecule has 0 radical (unpaired) electrons. The van der Waals surface area contributed by atoms with E-state index in [-0.39, 0.29) is 17.4 Å². The third-order valence-electron chi connectivity index (χ3n) is 5.23. The maximum atomic E-state index is 12.8. The number of carbonyl (C=O) groups is 2.